The summed E-state index contributed by atoms with van der Waals surface area (Å²) in [6, 6.07) is -0.152. The molecule has 0 saturated carbocycles. The van der Waals surface area contributed by atoms with Crippen molar-refractivity contribution in [3.8, 4) is 0 Å². The topological polar surface area (TPSA) is 75.4 Å². The minimum atomic E-state index is -0.761. The van der Waals surface area contributed by atoms with Gasteiger partial charge in [-0.05, 0) is 20.8 Å². The summed E-state index contributed by atoms with van der Waals surface area (Å²) in [6.07, 6.45) is 0. The summed E-state index contributed by atoms with van der Waals surface area (Å²) in [5.41, 5.74) is 4.84. The zero-order valence-corrected chi connectivity index (χ0v) is 10.8. The molecule has 5 nitrogen and oxygen atoms in total. The quantitative estimate of drug-likeness (QED) is 0.543. The average Bonchev–Trinajstić information content (AvgIpc) is 2.33. The Morgan fingerprint density at radius 1 is 1.50 bits per heavy atom. The number of urea groups is 1. The van der Waals surface area contributed by atoms with Crippen molar-refractivity contribution in [2.45, 2.75) is 32.4 Å². The maximum absolute atomic E-state index is 11.8. The van der Waals surface area contributed by atoms with E-state index in [-0.39, 0.29) is 18.0 Å². The van der Waals surface area contributed by atoms with E-state index in [4.69, 9.17) is 5.73 Å². The summed E-state index contributed by atoms with van der Waals surface area (Å²) in [5.74, 6) is 1.42. The van der Waals surface area contributed by atoms with Crippen LogP contribution >= 0.6 is 11.8 Å². The van der Waals surface area contributed by atoms with Gasteiger partial charge in [-0.2, -0.15) is 11.8 Å². The largest absolute Gasteiger partial charge is 0.327 e. The van der Waals surface area contributed by atoms with E-state index in [0.29, 0.717) is 6.54 Å². The third-order valence-electron chi connectivity index (χ3n) is 2.28. The van der Waals surface area contributed by atoms with E-state index in [1.54, 1.807) is 25.6 Å². The summed E-state index contributed by atoms with van der Waals surface area (Å²) in [6.45, 7) is 5.81. The van der Waals surface area contributed by atoms with Gasteiger partial charge in [-0.1, -0.05) is 0 Å². The van der Waals surface area contributed by atoms with Gasteiger partial charge in [0.2, 0.25) is 0 Å². The lowest BCUT2D eigenvalue weighted by molar-refractivity contribution is -0.130. The van der Waals surface area contributed by atoms with Crippen LogP contribution < -0.4 is 11.1 Å². The highest BCUT2D eigenvalue weighted by atomic mass is 32.2. The first kappa shape index (κ1) is 13.3. The number of rotatable bonds is 5. The lowest BCUT2D eigenvalue weighted by atomic mass is 10.1. The van der Waals surface area contributed by atoms with E-state index in [9.17, 15) is 9.59 Å². The van der Waals surface area contributed by atoms with Crippen LogP contribution in [0.4, 0.5) is 4.79 Å². The molecule has 0 aromatic heterocycles. The fourth-order valence-corrected chi connectivity index (χ4v) is 2.30. The second-order valence-corrected chi connectivity index (χ2v) is 5.71. The van der Waals surface area contributed by atoms with Gasteiger partial charge in [0.05, 0.1) is 0 Å². The smallest absolute Gasteiger partial charge is 0.325 e. The van der Waals surface area contributed by atoms with E-state index < -0.39 is 5.54 Å². The maximum Gasteiger partial charge on any atom is 0.325 e. The molecular formula is C10H19N3O2S. The molecule has 6 heteroatoms. The van der Waals surface area contributed by atoms with Gasteiger partial charge in [0, 0.05) is 24.1 Å². The summed E-state index contributed by atoms with van der Waals surface area (Å²) in [7, 11) is 0. The Labute approximate surface area is 100 Å². The number of nitrogens with two attached hydrogens (primary N) is 1. The van der Waals surface area contributed by atoms with Gasteiger partial charge in [-0.3, -0.25) is 9.69 Å². The number of nitrogens with one attached hydrogen (secondary N) is 1. The van der Waals surface area contributed by atoms with Crippen molar-refractivity contribution >= 4 is 23.7 Å². The number of thioether (sulfide) groups is 1. The molecule has 1 fully saturated rings. The standard InChI is InChI=1S/C10H19N3O2S/c1-7(11)6-16-5-4-13-8(14)10(2,3)12-9(13)15/h7H,4-6,11H2,1-3H3,(H,12,15). The molecule has 0 aromatic carbocycles. The van der Waals surface area contributed by atoms with E-state index >= 15 is 0 Å². The normalized spacial score (nSPS) is 21.1. The lowest BCUT2D eigenvalue weighted by Gasteiger charge is -2.15. The summed E-state index contributed by atoms with van der Waals surface area (Å²) < 4.78 is 0. The molecule has 1 saturated heterocycles. The molecule has 1 heterocycles. The highest BCUT2D eigenvalue weighted by Gasteiger charge is 2.43. The molecule has 1 aliphatic rings. The van der Waals surface area contributed by atoms with Crippen LogP contribution in [0, 0.1) is 0 Å². The number of carbonyl (C=O) groups excluding carboxylic acids is 2. The Kier molecular flexibility index (Phi) is 4.21. The Hall–Kier alpha value is -0.750. The van der Waals surface area contributed by atoms with Gasteiger partial charge in [-0.25, -0.2) is 4.79 Å². The van der Waals surface area contributed by atoms with E-state index in [1.807, 2.05) is 6.92 Å². The van der Waals surface area contributed by atoms with Crippen molar-refractivity contribution in [1.82, 2.24) is 10.2 Å². The van der Waals surface area contributed by atoms with Crippen LogP contribution in [0.25, 0.3) is 0 Å². The van der Waals surface area contributed by atoms with Crippen molar-refractivity contribution in [3.63, 3.8) is 0 Å². The molecule has 1 atom stereocenters. The first-order valence-electron chi connectivity index (χ1n) is 5.32. The Morgan fingerprint density at radius 3 is 2.56 bits per heavy atom. The molecule has 0 bridgehead atoms. The van der Waals surface area contributed by atoms with Crippen LogP contribution in [0.15, 0.2) is 0 Å². The minimum absolute atomic E-state index is 0.143. The molecule has 0 aromatic rings. The zero-order chi connectivity index (χ0) is 12.3. The SMILES string of the molecule is CC(N)CSCCN1C(=O)NC(C)(C)C1=O. The molecular weight excluding hydrogens is 226 g/mol. The Balaban J connectivity index is 2.38. The van der Waals surface area contributed by atoms with Gasteiger partial charge < -0.3 is 11.1 Å². The first-order valence-corrected chi connectivity index (χ1v) is 6.47. The van der Waals surface area contributed by atoms with Crippen LogP contribution in [0.2, 0.25) is 0 Å². The van der Waals surface area contributed by atoms with Crippen molar-refractivity contribution in [2.75, 3.05) is 18.1 Å². The predicted octanol–water partition coefficient (Wildman–Crippen LogP) is 0.397. The van der Waals surface area contributed by atoms with Gasteiger partial charge in [0.25, 0.3) is 5.91 Å². The molecule has 1 unspecified atom stereocenters. The van der Waals surface area contributed by atoms with E-state index in [1.165, 1.54) is 4.90 Å². The van der Waals surface area contributed by atoms with Crippen LogP contribution in [-0.2, 0) is 4.79 Å². The monoisotopic (exact) mass is 245 g/mol. The molecule has 16 heavy (non-hydrogen) atoms. The zero-order valence-electron chi connectivity index (χ0n) is 9.95. The van der Waals surface area contributed by atoms with Crippen LogP contribution in [0.5, 0.6) is 0 Å². The fraction of sp³-hybridized carbons (Fsp3) is 0.800. The van der Waals surface area contributed by atoms with Crippen molar-refractivity contribution in [1.29, 1.82) is 0 Å². The summed E-state index contributed by atoms with van der Waals surface area (Å²) >= 11 is 1.65. The third kappa shape index (κ3) is 3.12. The molecule has 0 aliphatic carbocycles. The van der Waals surface area contributed by atoms with Crippen molar-refractivity contribution < 1.29 is 9.59 Å². The lowest BCUT2D eigenvalue weighted by Crippen LogP contribution is -2.40. The minimum Gasteiger partial charge on any atom is -0.327 e. The Morgan fingerprint density at radius 2 is 2.12 bits per heavy atom. The first-order chi connectivity index (χ1) is 7.34. The van der Waals surface area contributed by atoms with Gasteiger partial charge in [0.15, 0.2) is 0 Å². The number of amides is 3. The molecule has 0 radical (unpaired) electrons. The van der Waals surface area contributed by atoms with Crippen LogP contribution in [0.3, 0.4) is 0 Å². The number of hydrogen-bond donors (Lipinski definition) is 2. The highest BCUT2D eigenvalue weighted by Crippen LogP contribution is 2.17. The fourth-order valence-electron chi connectivity index (χ4n) is 1.45. The summed E-state index contributed by atoms with van der Waals surface area (Å²) in [4.78, 5) is 24.5. The van der Waals surface area contributed by atoms with Crippen LogP contribution in [0.1, 0.15) is 20.8 Å². The van der Waals surface area contributed by atoms with Crippen molar-refractivity contribution in [3.05, 3.63) is 0 Å². The second kappa shape index (κ2) is 5.05. The average molecular weight is 245 g/mol. The molecule has 3 amide bonds. The molecule has 1 rings (SSSR count). The summed E-state index contributed by atoms with van der Waals surface area (Å²) in [5, 5.41) is 2.65. The van der Waals surface area contributed by atoms with Gasteiger partial charge >= 0.3 is 6.03 Å². The molecule has 92 valence electrons. The van der Waals surface area contributed by atoms with Crippen LogP contribution in [-0.4, -0.2) is 46.5 Å². The van der Waals surface area contributed by atoms with E-state index in [0.717, 1.165) is 11.5 Å². The number of imide groups is 1. The number of hydrogen-bond acceptors (Lipinski definition) is 4. The second-order valence-electron chi connectivity index (χ2n) is 4.56. The predicted molar refractivity (Wildman–Crippen MR) is 65.3 cm³/mol. The maximum atomic E-state index is 11.8. The molecule has 1 aliphatic heterocycles. The number of carbonyl (C=O) groups is 2. The Bertz CT molecular complexity index is 292. The number of nitrogens with zero attached hydrogens (tertiary/aromatic N) is 1. The molecule has 0 spiro atoms. The highest BCUT2D eigenvalue weighted by molar-refractivity contribution is 7.99. The van der Waals surface area contributed by atoms with Gasteiger partial charge in [0.1, 0.15) is 5.54 Å². The third-order valence-corrected chi connectivity index (χ3v) is 3.52. The van der Waals surface area contributed by atoms with E-state index in [2.05, 4.69) is 5.32 Å². The van der Waals surface area contributed by atoms with Gasteiger partial charge in [-0.15, -0.1) is 0 Å². The van der Waals surface area contributed by atoms with Crippen molar-refractivity contribution in [2.24, 2.45) is 5.73 Å². The molecule has 3 N–H and O–H groups in total.